The minimum absolute atomic E-state index is 0.0250. The van der Waals surface area contributed by atoms with Gasteiger partial charge in [0.1, 0.15) is 6.04 Å². The number of carbonyl (C=O) groups excluding carboxylic acids is 2. The topological polar surface area (TPSA) is 75.4 Å². The number of amides is 2. The fourth-order valence-electron chi connectivity index (χ4n) is 3.01. The maximum Gasteiger partial charge on any atom is 0.243 e. The van der Waals surface area contributed by atoms with Gasteiger partial charge < -0.3 is 16.0 Å². The molecule has 3 N–H and O–H groups in total. The largest absolute Gasteiger partial charge is 0.350 e. The highest BCUT2D eigenvalue weighted by atomic mass is 32.2. The zero-order chi connectivity index (χ0) is 14.8. The highest BCUT2D eigenvalue weighted by molar-refractivity contribution is 8.01. The van der Waals surface area contributed by atoms with E-state index in [4.69, 9.17) is 5.73 Å². The summed E-state index contributed by atoms with van der Waals surface area (Å²) in [6.07, 6.45) is 4.46. The predicted octanol–water partition coefficient (Wildman–Crippen LogP) is 1.07. The first-order valence-electron chi connectivity index (χ1n) is 7.48. The van der Waals surface area contributed by atoms with Gasteiger partial charge in [0.15, 0.2) is 0 Å². The molecular formula is C14H25N3O2S. The van der Waals surface area contributed by atoms with Gasteiger partial charge in [-0.2, -0.15) is 0 Å². The van der Waals surface area contributed by atoms with Gasteiger partial charge in [0.2, 0.25) is 11.8 Å². The molecule has 0 aromatic carbocycles. The lowest BCUT2D eigenvalue weighted by Gasteiger charge is -2.30. The molecule has 0 saturated carbocycles. The molecule has 2 fully saturated rings. The molecule has 2 saturated heterocycles. The summed E-state index contributed by atoms with van der Waals surface area (Å²) in [6.45, 7) is 4.64. The standard InChI is InChI=1S/C14H25N3O2S/c1-3-4-5-10(8-15)16-13(19)11-9-20-14(2)7-6-12(18)17(11)14/h10-11H,3-9,15H2,1-2H3,(H,16,19). The molecule has 2 amide bonds. The Morgan fingerprint density at radius 2 is 2.40 bits per heavy atom. The number of fused-ring (bicyclic) bond motifs is 1. The molecule has 0 aromatic rings. The molecule has 0 spiro atoms. The van der Waals surface area contributed by atoms with Crippen LogP contribution in [0, 0.1) is 0 Å². The van der Waals surface area contributed by atoms with Gasteiger partial charge in [0.25, 0.3) is 0 Å². The van der Waals surface area contributed by atoms with E-state index in [1.54, 1.807) is 16.7 Å². The molecule has 2 aliphatic heterocycles. The van der Waals surface area contributed by atoms with Crippen molar-refractivity contribution in [1.82, 2.24) is 10.2 Å². The second kappa shape index (κ2) is 6.35. The summed E-state index contributed by atoms with van der Waals surface area (Å²) >= 11 is 1.72. The van der Waals surface area contributed by atoms with Crippen LogP contribution in [0.5, 0.6) is 0 Å². The van der Waals surface area contributed by atoms with Gasteiger partial charge in [-0.05, 0) is 19.8 Å². The molecular weight excluding hydrogens is 274 g/mol. The maximum absolute atomic E-state index is 12.4. The maximum atomic E-state index is 12.4. The molecule has 2 heterocycles. The van der Waals surface area contributed by atoms with E-state index >= 15 is 0 Å². The molecule has 114 valence electrons. The third kappa shape index (κ3) is 2.96. The second-order valence-corrected chi connectivity index (χ2v) is 7.35. The highest BCUT2D eigenvalue weighted by Gasteiger charge is 2.52. The summed E-state index contributed by atoms with van der Waals surface area (Å²) < 4.78 is 0. The van der Waals surface area contributed by atoms with Crippen molar-refractivity contribution in [3.8, 4) is 0 Å². The Hall–Kier alpha value is -0.750. The molecule has 3 unspecified atom stereocenters. The van der Waals surface area contributed by atoms with E-state index in [0.717, 1.165) is 25.7 Å². The number of hydrogen-bond acceptors (Lipinski definition) is 4. The summed E-state index contributed by atoms with van der Waals surface area (Å²) in [5, 5.41) is 3.02. The highest BCUT2D eigenvalue weighted by Crippen LogP contribution is 2.47. The van der Waals surface area contributed by atoms with Gasteiger partial charge >= 0.3 is 0 Å². The van der Waals surface area contributed by atoms with Gasteiger partial charge in [-0.15, -0.1) is 11.8 Å². The van der Waals surface area contributed by atoms with Gasteiger partial charge in [0.05, 0.1) is 4.87 Å². The number of nitrogens with zero attached hydrogens (tertiary/aromatic N) is 1. The number of nitrogens with one attached hydrogen (secondary N) is 1. The normalized spacial score (nSPS) is 30.4. The molecule has 0 aromatic heterocycles. The van der Waals surface area contributed by atoms with Crippen LogP contribution in [0.25, 0.3) is 0 Å². The average molecular weight is 299 g/mol. The summed E-state index contributed by atoms with van der Waals surface area (Å²) in [4.78, 5) is 26.1. The Labute approximate surface area is 125 Å². The Morgan fingerprint density at radius 3 is 3.05 bits per heavy atom. The predicted molar refractivity (Wildman–Crippen MR) is 81.2 cm³/mol. The molecule has 0 aliphatic carbocycles. The fourth-order valence-corrected chi connectivity index (χ4v) is 4.44. The zero-order valence-corrected chi connectivity index (χ0v) is 13.2. The van der Waals surface area contributed by atoms with Crippen LogP contribution in [-0.2, 0) is 9.59 Å². The molecule has 0 radical (unpaired) electrons. The Morgan fingerprint density at radius 1 is 1.65 bits per heavy atom. The van der Waals surface area contributed by atoms with E-state index in [1.165, 1.54) is 0 Å². The number of thioether (sulfide) groups is 1. The van der Waals surface area contributed by atoms with Gasteiger partial charge in [0, 0.05) is 24.8 Å². The van der Waals surface area contributed by atoms with Crippen LogP contribution >= 0.6 is 11.8 Å². The van der Waals surface area contributed by atoms with Crippen molar-refractivity contribution in [1.29, 1.82) is 0 Å². The lowest BCUT2D eigenvalue weighted by Crippen LogP contribution is -2.53. The molecule has 6 heteroatoms. The quantitative estimate of drug-likeness (QED) is 0.769. The average Bonchev–Trinajstić information content (AvgIpc) is 2.92. The molecule has 2 rings (SSSR count). The third-order valence-electron chi connectivity index (χ3n) is 4.28. The van der Waals surface area contributed by atoms with Gasteiger partial charge in [-0.1, -0.05) is 19.8 Å². The first kappa shape index (κ1) is 15.6. The Balaban J connectivity index is 1.97. The van der Waals surface area contributed by atoms with Crippen molar-refractivity contribution in [2.75, 3.05) is 12.3 Å². The summed E-state index contributed by atoms with van der Waals surface area (Å²) in [7, 11) is 0. The minimum atomic E-state index is -0.323. The SMILES string of the molecule is CCCCC(CN)NC(=O)C1CSC2(C)CCC(=O)N12. The fraction of sp³-hybridized carbons (Fsp3) is 0.857. The van der Waals surface area contributed by atoms with Gasteiger partial charge in [-0.25, -0.2) is 0 Å². The summed E-state index contributed by atoms with van der Waals surface area (Å²) in [5.74, 6) is 0.762. The molecule has 2 aliphatic rings. The van der Waals surface area contributed by atoms with Crippen LogP contribution in [0.2, 0.25) is 0 Å². The zero-order valence-electron chi connectivity index (χ0n) is 12.4. The number of hydrogen-bond donors (Lipinski definition) is 2. The number of rotatable bonds is 6. The summed E-state index contributed by atoms with van der Waals surface area (Å²) in [5.41, 5.74) is 5.72. The van der Waals surface area contributed by atoms with E-state index in [1.807, 2.05) is 0 Å². The van der Waals surface area contributed by atoms with E-state index < -0.39 is 0 Å². The van der Waals surface area contributed by atoms with Crippen LogP contribution in [0.3, 0.4) is 0 Å². The van der Waals surface area contributed by atoms with Crippen LogP contribution in [-0.4, -0.2) is 46.0 Å². The van der Waals surface area contributed by atoms with Crippen molar-refractivity contribution in [2.45, 2.75) is 62.9 Å². The molecule has 3 atom stereocenters. The van der Waals surface area contributed by atoms with Crippen LogP contribution < -0.4 is 11.1 Å². The third-order valence-corrected chi connectivity index (χ3v) is 5.79. The lowest BCUT2D eigenvalue weighted by atomic mass is 10.1. The van der Waals surface area contributed by atoms with E-state index in [-0.39, 0.29) is 28.8 Å². The van der Waals surface area contributed by atoms with E-state index in [2.05, 4.69) is 19.2 Å². The number of carbonyl (C=O) groups is 2. The van der Waals surface area contributed by atoms with Crippen molar-refractivity contribution < 1.29 is 9.59 Å². The molecule has 0 bridgehead atoms. The second-order valence-electron chi connectivity index (χ2n) is 5.85. The van der Waals surface area contributed by atoms with Crippen LogP contribution in [0.1, 0.15) is 46.0 Å². The van der Waals surface area contributed by atoms with E-state index in [9.17, 15) is 9.59 Å². The van der Waals surface area contributed by atoms with E-state index in [0.29, 0.717) is 18.7 Å². The first-order chi connectivity index (χ1) is 9.51. The number of nitrogens with two attached hydrogens (primary N) is 1. The van der Waals surface area contributed by atoms with Crippen LogP contribution in [0.4, 0.5) is 0 Å². The van der Waals surface area contributed by atoms with Crippen molar-refractivity contribution in [2.24, 2.45) is 5.73 Å². The van der Waals surface area contributed by atoms with Crippen molar-refractivity contribution >= 4 is 23.6 Å². The van der Waals surface area contributed by atoms with Crippen molar-refractivity contribution in [3.63, 3.8) is 0 Å². The lowest BCUT2D eigenvalue weighted by molar-refractivity contribution is -0.138. The number of unbranched alkanes of at least 4 members (excludes halogenated alkanes) is 1. The first-order valence-corrected chi connectivity index (χ1v) is 8.47. The minimum Gasteiger partial charge on any atom is -0.350 e. The monoisotopic (exact) mass is 299 g/mol. The van der Waals surface area contributed by atoms with Crippen molar-refractivity contribution in [3.05, 3.63) is 0 Å². The van der Waals surface area contributed by atoms with Gasteiger partial charge in [-0.3, -0.25) is 9.59 Å². The Bertz CT molecular complexity index is 391. The molecule has 20 heavy (non-hydrogen) atoms. The molecule has 5 nitrogen and oxygen atoms in total. The Kier molecular flexibility index (Phi) is 4.96. The van der Waals surface area contributed by atoms with Crippen LogP contribution in [0.15, 0.2) is 0 Å². The summed E-state index contributed by atoms with van der Waals surface area (Å²) in [6, 6.07) is -0.298. The smallest absolute Gasteiger partial charge is 0.243 e.